The molecule has 0 atom stereocenters. The van der Waals surface area contributed by atoms with Crippen LogP contribution >= 0.6 is 0 Å². The van der Waals surface area contributed by atoms with E-state index in [4.69, 9.17) is 0 Å². The minimum Gasteiger partial charge on any atom is -0.385 e. The largest absolute Gasteiger partial charge is 0.385 e. The zero-order chi connectivity index (χ0) is 16.7. The Labute approximate surface area is 137 Å². The lowest BCUT2D eigenvalue weighted by atomic mass is 10.3. The fourth-order valence-electron chi connectivity index (χ4n) is 2.66. The van der Waals surface area contributed by atoms with Crippen LogP contribution in [0, 0.1) is 11.8 Å². The van der Waals surface area contributed by atoms with Gasteiger partial charge in [0.15, 0.2) is 0 Å². The van der Waals surface area contributed by atoms with E-state index < -0.39 is 0 Å². The molecule has 1 aromatic heterocycles. The molecule has 0 bridgehead atoms. The van der Waals surface area contributed by atoms with Crippen LogP contribution < -0.4 is 21.1 Å². The number of hydrogen-bond donors (Lipinski definition) is 2. The highest BCUT2D eigenvalue weighted by Crippen LogP contribution is 2.20. The summed E-state index contributed by atoms with van der Waals surface area (Å²) in [6.45, 7) is 9.39. The molecule has 0 spiro atoms. The smallest absolute Gasteiger partial charge is 0.292 e. The molecule has 0 aromatic carbocycles. The van der Waals surface area contributed by atoms with Crippen molar-refractivity contribution in [2.24, 2.45) is 0 Å². The third-order valence-corrected chi connectivity index (χ3v) is 3.93. The van der Waals surface area contributed by atoms with Crippen LogP contribution in [0.5, 0.6) is 0 Å². The Balaban J connectivity index is 2.36. The third-order valence-electron chi connectivity index (χ3n) is 3.93. The van der Waals surface area contributed by atoms with E-state index in [2.05, 4.69) is 32.5 Å². The molecule has 2 rings (SSSR count). The van der Waals surface area contributed by atoms with Crippen LogP contribution in [0.4, 0.5) is 11.4 Å². The van der Waals surface area contributed by atoms with Gasteiger partial charge in [-0.3, -0.25) is 9.69 Å². The van der Waals surface area contributed by atoms with E-state index in [0.29, 0.717) is 25.4 Å². The molecule has 1 aliphatic rings. The number of nitrogens with one attached hydrogen (secondary N) is 2. The summed E-state index contributed by atoms with van der Waals surface area (Å²) in [4.78, 5) is 17.1. The van der Waals surface area contributed by atoms with Crippen molar-refractivity contribution in [2.45, 2.75) is 20.4 Å². The molecule has 126 valence electrons. The molecule has 23 heavy (non-hydrogen) atoms. The van der Waals surface area contributed by atoms with Crippen LogP contribution in [0.1, 0.15) is 13.8 Å². The van der Waals surface area contributed by atoms with Gasteiger partial charge in [0.25, 0.3) is 5.56 Å². The van der Waals surface area contributed by atoms with Crippen LogP contribution in [0.25, 0.3) is 0 Å². The molecule has 0 unspecified atom stereocenters. The lowest BCUT2D eigenvalue weighted by Crippen LogP contribution is -2.49. The molecule has 7 heteroatoms. The van der Waals surface area contributed by atoms with E-state index in [1.54, 1.807) is 6.20 Å². The first-order valence-corrected chi connectivity index (χ1v) is 8.06. The molecule has 0 radical (unpaired) electrons. The van der Waals surface area contributed by atoms with E-state index in [-0.39, 0.29) is 5.56 Å². The average Bonchev–Trinajstić information content (AvgIpc) is 2.59. The van der Waals surface area contributed by atoms with E-state index >= 15 is 0 Å². The van der Waals surface area contributed by atoms with Crippen LogP contribution in [0.3, 0.4) is 0 Å². The first kappa shape index (κ1) is 17.3. The van der Waals surface area contributed by atoms with Gasteiger partial charge in [0.2, 0.25) is 0 Å². The first-order chi connectivity index (χ1) is 11.2. The molecule has 0 amide bonds. The van der Waals surface area contributed by atoms with Gasteiger partial charge in [-0.25, -0.2) is 4.68 Å². The summed E-state index contributed by atoms with van der Waals surface area (Å²) in [5, 5.41) is 10.6. The Kier molecular flexibility index (Phi) is 6.44. The lowest BCUT2D eigenvalue weighted by Gasteiger charge is -2.33. The zero-order valence-corrected chi connectivity index (χ0v) is 14.2. The van der Waals surface area contributed by atoms with E-state index in [1.807, 2.05) is 25.8 Å². The molecule has 1 aliphatic heterocycles. The molecular weight excluding hydrogens is 292 g/mol. The molecule has 0 saturated carbocycles. The second kappa shape index (κ2) is 8.56. The second-order valence-corrected chi connectivity index (χ2v) is 5.41. The van der Waals surface area contributed by atoms with Gasteiger partial charge >= 0.3 is 0 Å². The van der Waals surface area contributed by atoms with E-state index in [1.165, 1.54) is 4.68 Å². The Hall–Kier alpha value is -2.04. The number of nitrogens with zero attached hydrogens (tertiary/aromatic N) is 4. The minimum atomic E-state index is -0.0765. The summed E-state index contributed by atoms with van der Waals surface area (Å²) in [5.74, 6) is 6.01. The van der Waals surface area contributed by atoms with Gasteiger partial charge in [-0.1, -0.05) is 5.92 Å². The van der Waals surface area contributed by atoms with Gasteiger partial charge in [-0.15, -0.1) is 5.92 Å². The fraction of sp³-hybridized carbons (Fsp3) is 0.625. The monoisotopic (exact) mass is 318 g/mol. The van der Waals surface area contributed by atoms with Gasteiger partial charge in [0.05, 0.1) is 25.1 Å². The number of aryl methyl sites for hydroxylation is 1. The van der Waals surface area contributed by atoms with E-state index in [0.717, 1.165) is 31.9 Å². The Bertz CT molecular complexity index is 624. The van der Waals surface area contributed by atoms with E-state index in [9.17, 15) is 4.79 Å². The van der Waals surface area contributed by atoms with Gasteiger partial charge in [-0.2, -0.15) is 5.10 Å². The maximum atomic E-state index is 12.8. The zero-order valence-electron chi connectivity index (χ0n) is 14.2. The highest BCUT2D eigenvalue weighted by Gasteiger charge is 2.20. The molecule has 1 aromatic rings. The summed E-state index contributed by atoms with van der Waals surface area (Å²) in [6, 6.07) is 0. The number of aromatic nitrogens is 2. The van der Waals surface area contributed by atoms with Crippen molar-refractivity contribution in [1.82, 2.24) is 20.0 Å². The Morgan fingerprint density at radius 3 is 2.78 bits per heavy atom. The normalized spacial score (nSPS) is 14.9. The first-order valence-electron chi connectivity index (χ1n) is 8.06. The lowest BCUT2D eigenvalue weighted by molar-refractivity contribution is 0.242. The van der Waals surface area contributed by atoms with Crippen molar-refractivity contribution < 1.29 is 0 Å². The highest BCUT2D eigenvalue weighted by atomic mass is 16.1. The number of rotatable bonds is 6. The molecule has 2 heterocycles. The van der Waals surface area contributed by atoms with Gasteiger partial charge in [0.1, 0.15) is 5.69 Å². The Morgan fingerprint density at radius 2 is 2.17 bits per heavy atom. The quantitative estimate of drug-likeness (QED) is 0.720. The standard InChI is InChI=1S/C16H26N6O/c1-4-6-9-21(13-20-10-7-18-8-11-20)15-14(17-3)12-19-22(5-2)16(15)23/h12,17-18H,5,7-11,13H2,1-3H3. The number of piperazine rings is 1. The van der Waals surface area contributed by atoms with Gasteiger partial charge < -0.3 is 15.5 Å². The number of anilines is 2. The van der Waals surface area contributed by atoms with Crippen molar-refractivity contribution in [1.29, 1.82) is 0 Å². The maximum absolute atomic E-state index is 12.8. The van der Waals surface area contributed by atoms with Crippen molar-refractivity contribution in [3.63, 3.8) is 0 Å². The highest BCUT2D eigenvalue weighted by molar-refractivity contribution is 5.68. The third kappa shape index (κ3) is 4.24. The summed E-state index contributed by atoms with van der Waals surface area (Å²) in [6.07, 6.45) is 1.71. The molecule has 1 fully saturated rings. The Morgan fingerprint density at radius 1 is 1.43 bits per heavy atom. The van der Waals surface area contributed by atoms with Crippen molar-refractivity contribution in [3.8, 4) is 11.8 Å². The summed E-state index contributed by atoms with van der Waals surface area (Å²) in [5.41, 5.74) is 1.31. The minimum absolute atomic E-state index is 0.0765. The second-order valence-electron chi connectivity index (χ2n) is 5.41. The summed E-state index contributed by atoms with van der Waals surface area (Å²) in [7, 11) is 1.81. The SMILES string of the molecule is CC#CCN(CN1CCNCC1)c1c(NC)cnn(CC)c1=O. The number of hydrogen-bond acceptors (Lipinski definition) is 6. The molecule has 2 N–H and O–H groups in total. The van der Waals surface area contributed by atoms with Crippen LogP contribution in [-0.4, -0.2) is 61.1 Å². The van der Waals surface area contributed by atoms with Gasteiger partial charge in [-0.05, 0) is 13.8 Å². The van der Waals surface area contributed by atoms with Crippen molar-refractivity contribution in [3.05, 3.63) is 16.6 Å². The molecular formula is C16H26N6O. The summed E-state index contributed by atoms with van der Waals surface area (Å²) >= 11 is 0. The van der Waals surface area contributed by atoms with Crippen LogP contribution in [0.2, 0.25) is 0 Å². The predicted molar refractivity (Wildman–Crippen MR) is 93.8 cm³/mol. The molecule has 0 aliphatic carbocycles. The van der Waals surface area contributed by atoms with Crippen LogP contribution in [-0.2, 0) is 6.54 Å². The van der Waals surface area contributed by atoms with Crippen molar-refractivity contribution in [2.75, 3.05) is 56.7 Å². The fourth-order valence-corrected chi connectivity index (χ4v) is 2.66. The molecule has 7 nitrogen and oxygen atoms in total. The van der Waals surface area contributed by atoms with Crippen molar-refractivity contribution >= 4 is 11.4 Å². The average molecular weight is 318 g/mol. The molecule has 1 saturated heterocycles. The van der Waals surface area contributed by atoms with Crippen LogP contribution in [0.15, 0.2) is 11.0 Å². The maximum Gasteiger partial charge on any atom is 0.292 e. The predicted octanol–water partition coefficient (Wildman–Crippen LogP) is -0.00270. The summed E-state index contributed by atoms with van der Waals surface area (Å²) < 4.78 is 1.49. The van der Waals surface area contributed by atoms with Gasteiger partial charge in [0, 0.05) is 39.8 Å². The topological polar surface area (TPSA) is 65.4 Å².